The van der Waals surface area contributed by atoms with Crippen molar-refractivity contribution in [1.29, 1.82) is 0 Å². The molecule has 0 unspecified atom stereocenters. The Labute approximate surface area is 102 Å². The van der Waals surface area contributed by atoms with E-state index in [9.17, 15) is 4.39 Å². The summed E-state index contributed by atoms with van der Waals surface area (Å²) in [6, 6.07) is 5.24. The molecule has 2 aromatic rings. The van der Waals surface area contributed by atoms with E-state index in [-0.39, 0.29) is 5.82 Å². The van der Waals surface area contributed by atoms with Crippen molar-refractivity contribution in [3.05, 3.63) is 47.8 Å². The zero-order valence-electron chi connectivity index (χ0n) is 8.95. The molecule has 1 aromatic heterocycles. The highest BCUT2D eigenvalue weighted by molar-refractivity contribution is 9.08. The standard InChI is InChI=1S/C12H12BrFN2/c1-2-12-15-5-6-16(12)11-4-3-9(8-13)7-10(11)14/h3-7H,2,8H2,1H3. The quantitative estimate of drug-likeness (QED) is 0.789. The first-order valence-electron chi connectivity index (χ1n) is 5.13. The maximum Gasteiger partial charge on any atom is 0.147 e. The molecule has 0 aliphatic carbocycles. The average Bonchev–Trinajstić information content (AvgIpc) is 2.76. The summed E-state index contributed by atoms with van der Waals surface area (Å²) < 4.78 is 15.6. The monoisotopic (exact) mass is 282 g/mol. The summed E-state index contributed by atoms with van der Waals surface area (Å²) in [4.78, 5) is 4.18. The molecule has 84 valence electrons. The minimum absolute atomic E-state index is 0.218. The maximum absolute atomic E-state index is 13.8. The highest BCUT2D eigenvalue weighted by Gasteiger charge is 2.08. The van der Waals surface area contributed by atoms with E-state index in [2.05, 4.69) is 20.9 Å². The zero-order valence-corrected chi connectivity index (χ0v) is 10.5. The zero-order chi connectivity index (χ0) is 11.5. The molecule has 0 saturated carbocycles. The van der Waals surface area contributed by atoms with Gasteiger partial charge >= 0.3 is 0 Å². The highest BCUT2D eigenvalue weighted by atomic mass is 79.9. The maximum atomic E-state index is 13.8. The van der Waals surface area contributed by atoms with Crippen LogP contribution in [0.1, 0.15) is 18.3 Å². The number of rotatable bonds is 3. The van der Waals surface area contributed by atoms with Gasteiger partial charge in [0.1, 0.15) is 11.6 Å². The molecule has 2 nitrogen and oxygen atoms in total. The summed E-state index contributed by atoms with van der Waals surface area (Å²) >= 11 is 3.31. The van der Waals surface area contributed by atoms with Crippen molar-refractivity contribution in [3.63, 3.8) is 0 Å². The molecule has 2 rings (SSSR count). The van der Waals surface area contributed by atoms with Crippen molar-refractivity contribution in [1.82, 2.24) is 9.55 Å². The lowest BCUT2D eigenvalue weighted by atomic mass is 10.2. The third-order valence-corrected chi connectivity index (χ3v) is 3.11. The summed E-state index contributed by atoms with van der Waals surface area (Å²) in [7, 11) is 0. The Balaban J connectivity index is 2.48. The molecule has 1 heterocycles. The first-order chi connectivity index (χ1) is 7.76. The number of alkyl halides is 1. The number of hydrogen-bond donors (Lipinski definition) is 0. The van der Waals surface area contributed by atoms with Crippen molar-refractivity contribution in [2.75, 3.05) is 0 Å². The van der Waals surface area contributed by atoms with Gasteiger partial charge in [0.2, 0.25) is 0 Å². The Morgan fingerprint density at radius 2 is 2.25 bits per heavy atom. The Kier molecular flexibility index (Phi) is 3.39. The molecule has 0 bridgehead atoms. The van der Waals surface area contributed by atoms with E-state index in [1.54, 1.807) is 29.1 Å². The van der Waals surface area contributed by atoms with Gasteiger partial charge in [0.05, 0.1) is 5.69 Å². The predicted molar refractivity (Wildman–Crippen MR) is 65.5 cm³/mol. The Morgan fingerprint density at radius 3 is 2.88 bits per heavy atom. The molecule has 0 atom stereocenters. The fourth-order valence-electron chi connectivity index (χ4n) is 1.64. The van der Waals surface area contributed by atoms with E-state index in [1.165, 1.54) is 0 Å². The minimum Gasteiger partial charge on any atom is -0.301 e. The molecule has 0 N–H and O–H groups in total. The lowest BCUT2D eigenvalue weighted by Gasteiger charge is -2.08. The van der Waals surface area contributed by atoms with Crippen LogP contribution in [0.5, 0.6) is 0 Å². The lowest BCUT2D eigenvalue weighted by molar-refractivity contribution is 0.614. The third kappa shape index (κ3) is 2.02. The molecular formula is C12H12BrFN2. The molecule has 1 aromatic carbocycles. The summed E-state index contributed by atoms with van der Waals surface area (Å²) in [6.45, 7) is 2.00. The van der Waals surface area contributed by atoms with Crippen molar-refractivity contribution in [2.24, 2.45) is 0 Å². The minimum atomic E-state index is -0.218. The molecule has 0 radical (unpaired) electrons. The molecule has 0 saturated heterocycles. The Bertz CT molecular complexity index is 494. The first kappa shape index (κ1) is 11.3. The van der Waals surface area contributed by atoms with Crippen LogP contribution in [-0.2, 0) is 11.8 Å². The van der Waals surface area contributed by atoms with Gasteiger partial charge in [0, 0.05) is 24.1 Å². The second kappa shape index (κ2) is 4.78. The summed E-state index contributed by atoms with van der Waals surface area (Å²) in [5.74, 6) is 0.648. The number of halogens is 2. The molecule has 0 aliphatic heterocycles. The fraction of sp³-hybridized carbons (Fsp3) is 0.250. The molecule has 0 spiro atoms. The number of aromatic nitrogens is 2. The van der Waals surface area contributed by atoms with Crippen LogP contribution in [-0.4, -0.2) is 9.55 Å². The normalized spacial score (nSPS) is 10.7. The van der Waals surface area contributed by atoms with Gasteiger partial charge in [-0.2, -0.15) is 0 Å². The van der Waals surface area contributed by atoms with Crippen LogP contribution in [0.2, 0.25) is 0 Å². The van der Waals surface area contributed by atoms with Crippen LogP contribution in [0.25, 0.3) is 5.69 Å². The summed E-state index contributed by atoms with van der Waals surface area (Å²) in [6.07, 6.45) is 4.26. The smallest absolute Gasteiger partial charge is 0.147 e. The van der Waals surface area contributed by atoms with Crippen LogP contribution >= 0.6 is 15.9 Å². The molecule has 0 aliphatic rings. The predicted octanol–water partition coefficient (Wildman–Crippen LogP) is 3.47. The lowest BCUT2D eigenvalue weighted by Crippen LogP contribution is -2.02. The van der Waals surface area contributed by atoms with Gasteiger partial charge in [-0.15, -0.1) is 0 Å². The average molecular weight is 283 g/mol. The topological polar surface area (TPSA) is 17.8 Å². The van der Waals surface area contributed by atoms with Crippen LogP contribution < -0.4 is 0 Å². The van der Waals surface area contributed by atoms with Gasteiger partial charge in [-0.3, -0.25) is 0 Å². The SMILES string of the molecule is CCc1nccn1-c1ccc(CBr)cc1F. The second-order valence-electron chi connectivity index (χ2n) is 3.49. The van der Waals surface area contributed by atoms with Gasteiger partial charge < -0.3 is 4.57 Å². The van der Waals surface area contributed by atoms with Crippen molar-refractivity contribution in [3.8, 4) is 5.69 Å². The van der Waals surface area contributed by atoms with Gasteiger partial charge in [-0.05, 0) is 17.7 Å². The fourth-order valence-corrected chi connectivity index (χ4v) is 1.99. The number of imidazole rings is 1. The largest absolute Gasteiger partial charge is 0.301 e. The van der Waals surface area contributed by atoms with E-state index in [1.807, 2.05) is 13.0 Å². The van der Waals surface area contributed by atoms with Gasteiger partial charge in [-0.25, -0.2) is 9.37 Å². The van der Waals surface area contributed by atoms with Gasteiger partial charge in [0.25, 0.3) is 0 Å². The second-order valence-corrected chi connectivity index (χ2v) is 4.05. The molecular weight excluding hydrogens is 271 g/mol. The third-order valence-electron chi connectivity index (χ3n) is 2.46. The van der Waals surface area contributed by atoms with E-state index in [0.29, 0.717) is 11.0 Å². The van der Waals surface area contributed by atoms with Crippen LogP contribution in [0.15, 0.2) is 30.6 Å². The van der Waals surface area contributed by atoms with Crippen molar-refractivity contribution in [2.45, 2.75) is 18.7 Å². The molecule has 16 heavy (non-hydrogen) atoms. The Hall–Kier alpha value is -1.16. The molecule has 4 heteroatoms. The van der Waals surface area contributed by atoms with Crippen molar-refractivity contribution >= 4 is 15.9 Å². The number of benzene rings is 1. The number of nitrogens with zero attached hydrogens (tertiary/aromatic N) is 2. The first-order valence-corrected chi connectivity index (χ1v) is 6.25. The van der Waals surface area contributed by atoms with E-state index in [0.717, 1.165) is 17.8 Å². The van der Waals surface area contributed by atoms with E-state index < -0.39 is 0 Å². The van der Waals surface area contributed by atoms with Crippen molar-refractivity contribution < 1.29 is 4.39 Å². The van der Waals surface area contributed by atoms with Crippen LogP contribution in [0, 0.1) is 5.82 Å². The number of aryl methyl sites for hydroxylation is 1. The molecule has 0 amide bonds. The molecule has 0 fully saturated rings. The van der Waals surface area contributed by atoms with Crippen LogP contribution in [0.4, 0.5) is 4.39 Å². The van der Waals surface area contributed by atoms with Gasteiger partial charge in [0.15, 0.2) is 0 Å². The van der Waals surface area contributed by atoms with Gasteiger partial charge in [-0.1, -0.05) is 28.9 Å². The van der Waals surface area contributed by atoms with E-state index in [4.69, 9.17) is 0 Å². The van der Waals surface area contributed by atoms with Crippen LogP contribution in [0.3, 0.4) is 0 Å². The van der Waals surface area contributed by atoms with E-state index >= 15 is 0 Å². The summed E-state index contributed by atoms with van der Waals surface area (Å²) in [5.41, 5.74) is 1.48. The highest BCUT2D eigenvalue weighted by Crippen LogP contribution is 2.18. The summed E-state index contributed by atoms with van der Waals surface area (Å²) in [5, 5.41) is 0.661. The number of hydrogen-bond acceptors (Lipinski definition) is 1. The Morgan fingerprint density at radius 1 is 1.44 bits per heavy atom.